The van der Waals surface area contributed by atoms with Gasteiger partial charge in [-0.3, -0.25) is 4.79 Å². The molecular weight excluding hydrogens is 243 g/mol. The average molecular weight is 253 g/mol. The van der Waals surface area contributed by atoms with Crippen molar-refractivity contribution in [3.05, 3.63) is 57.8 Å². The van der Waals surface area contributed by atoms with Gasteiger partial charge in [0.05, 0.1) is 10.6 Å². The van der Waals surface area contributed by atoms with E-state index in [1.807, 2.05) is 0 Å². The van der Waals surface area contributed by atoms with E-state index in [0.717, 1.165) is 6.07 Å². The van der Waals surface area contributed by atoms with Crippen LogP contribution in [0, 0.1) is 19.7 Å². The highest BCUT2D eigenvalue weighted by atomic mass is 35.5. The third-order valence-electron chi connectivity index (χ3n) is 2.46. The third-order valence-corrected chi connectivity index (χ3v) is 2.79. The molecule has 4 heteroatoms. The van der Waals surface area contributed by atoms with Crippen molar-refractivity contribution < 1.29 is 13.6 Å². The molecule has 1 heterocycles. The molecule has 0 aliphatic rings. The molecule has 0 bridgehead atoms. The number of halogens is 2. The van der Waals surface area contributed by atoms with Crippen LogP contribution < -0.4 is 0 Å². The van der Waals surface area contributed by atoms with Gasteiger partial charge in [-0.1, -0.05) is 11.6 Å². The van der Waals surface area contributed by atoms with Gasteiger partial charge in [-0.2, -0.15) is 0 Å². The van der Waals surface area contributed by atoms with Crippen LogP contribution in [0.15, 0.2) is 28.7 Å². The molecule has 0 radical (unpaired) electrons. The molecule has 2 rings (SSSR count). The van der Waals surface area contributed by atoms with Gasteiger partial charge >= 0.3 is 0 Å². The first-order valence-corrected chi connectivity index (χ1v) is 5.43. The molecule has 2 aromatic rings. The molecule has 2 nitrogen and oxygen atoms in total. The molecule has 0 N–H and O–H groups in total. The summed E-state index contributed by atoms with van der Waals surface area (Å²) < 4.78 is 18.4. The van der Waals surface area contributed by atoms with Gasteiger partial charge in [-0.15, -0.1) is 0 Å². The van der Waals surface area contributed by atoms with Crippen molar-refractivity contribution >= 4 is 17.4 Å². The van der Waals surface area contributed by atoms with Gasteiger partial charge in [0.1, 0.15) is 17.3 Å². The fourth-order valence-corrected chi connectivity index (χ4v) is 1.88. The van der Waals surface area contributed by atoms with Crippen molar-refractivity contribution in [2.24, 2.45) is 0 Å². The number of carbonyl (C=O) groups is 1. The van der Waals surface area contributed by atoms with Gasteiger partial charge < -0.3 is 4.42 Å². The van der Waals surface area contributed by atoms with Crippen LogP contribution in [0.5, 0.6) is 0 Å². The highest BCUT2D eigenvalue weighted by Gasteiger charge is 2.18. The second-order valence-corrected chi connectivity index (χ2v) is 4.19. The average Bonchev–Trinajstić information content (AvgIpc) is 2.60. The van der Waals surface area contributed by atoms with Crippen molar-refractivity contribution in [3.63, 3.8) is 0 Å². The van der Waals surface area contributed by atoms with Crippen molar-refractivity contribution in [3.8, 4) is 0 Å². The van der Waals surface area contributed by atoms with Gasteiger partial charge in [0.25, 0.3) is 0 Å². The van der Waals surface area contributed by atoms with Crippen molar-refractivity contribution in [1.29, 1.82) is 0 Å². The van der Waals surface area contributed by atoms with E-state index >= 15 is 0 Å². The summed E-state index contributed by atoms with van der Waals surface area (Å²) in [4.78, 5) is 12.1. The lowest BCUT2D eigenvalue weighted by molar-refractivity contribution is 0.103. The predicted molar refractivity (Wildman–Crippen MR) is 63.0 cm³/mol. The van der Waals surface area contributed by atoms with Crippen LogP contribution in [-0.4, -0.2) is 5.78 Å². The van der Waals surface area contributed by atoms with E-state index in [1.54, 1.807) is 19.9 Å². The van der Waals surface area contributed by atoms with Gasteiger partial charge in [0.2, 0.25) is 0 Å². The molecule has 0 spiro atoms. The lowest BCUT2D eigenvalue weighted by atomic mass is 10.0. The van der Waals surface area contributed by atoms with E-state index < -0.39 is 5.82 Å². The van der Waals surface area contributed by atoms with Crippen LogP contribution in [-0.2, 0) is 0 Å². The van der Waals surface area contributed by atoms with Crippen LogP contribution in [0.3, 0.4) is 0 Å². The number of hydrogen-bond acceptors (Lipinski definition) is 2. The van der Waals surface area contributed by atoms with Gasteiger partial charge in [-0.05, 0) is 38.1 Å². The molecule has 0 aliphatic heterocycles. The van der Waals surface area contributed by atoms with E-state index in [2.05, 4.69) is 0 Å². The zero-order valence-corrected chi connectivity index (χ0v) is 10.1. The molecule has 1 aromatic carbocycles. The number of aryl methyl sites for hydroxylation is 2. The third kappa shape index (κ3) is 2.24. The maximum Gasteiger partial charge on any atom is 0.198 e. The highest BCUT2D eigenvalue weighted by Crippen LogP contribution is 2.23. The van der Waals surface area contributed by atoms with E-state index in [0.29, 0.717) is 17.1 Å². The quantitative estimate of drug-likeness (QED) is 0.759. The Bertz CT molecular complexity index is 587. The smallest absolute Gasteiger partial charge is 0.198 e. The van der Waals surface area contributed by atoms with Gasteiger partial charge in [0.15, 0.2) is 5.78 Å². The SMILES string of the molecule is Cc1cc(C(=O)c2cc(F)ccc2Cl)c(C)o1. The minimum absolute atomic E-state index is 0.149. The number of carbonyl (C=O) groups excluding carboxylic acids is 1. The molecule has 0 amide bonds. The second-order valence-electron chi connectivity index (χ2n) is 3.78. The molecule has 0 unspecified atom stereocenters. The maximum absolute atomic E-state index is 13.1. The molecule has 0 fully saturated rings. The zero-order chi connectivity index (χ0) is 12.6. The number of rotatable bonds is 2. The minimum atomic E-state index is -0.490. The van der Waals surface area contributed by atoms with Crippen molar-refractivity contribution in [1.82, 2.24) is 0 Å². The van der Waals surface area contributed by atoms with E-state index in [1.165, 1.54) is 12.1 Å². The molecule has 0 aliphatic carbocycles. The molecule has 17 heavy (non-hydrogen) atoms. The Hall–Kier alpha value is -1.61. The molecule has 0 saturated carbocycles. The maximum atomic E-state index is 13.1. The Morgan fingerprint density at radius 3 is 2.53 bits per heavy atom. The normalized spacial score (nSPS) is 10.6. The topological polar surface area (TPSA) is 30.2 Å². The van der Waals surface area contributed by atoms with E-state index in [4.69, 9.17) is 16.0 Å². The molecular formula is C13H10ClFO2. The number of hydrogen-bond donors (Lipinski definition) is 0. The predicted octanol–water partition coefficient (Wildman–Crippen LogP) is 3.92. The first-order chi connectivity index (χ1) is 7.99. The van der Waals surface area contributed by atoms with Crippen LogP contribution in [0.4, 0.5) is 4.39 Å². The van der Waals surface area contributed by atoms with Crippen LogP contribution in [0.1, 0.15) is 27.4 Å². The minimum Gasteiger partial charge on any atom is -0.466 e. The van der Waals surface area contributed by atoms with Crippen molar-refractivity contribution in [2.45, 2.75) is 13.8 Å². The monoisotopic (exact) mass is 252 g/mol. The number of furan rings is 1. The number of benzene rings is 1. The van der Waals surface area contributed by atoms with Crippen LogP contribution in [0.25, 0.3) is 0 Å². The summed E-state index contributed by atoms with van der Waals surface area (Å²) in [7, 11) is 0. The zero-order valence-electron chi connectivity index (χ0n) is 9.38. The first kappa shape index (κ1) is 11.9. The van der Waals surface area contributed by atoms with Gasteiger partial charge in [-0.25, -0.2) is 4.39 Å². The molecule has 88 valence electrons. The molecule has 0 atom stereocenters. The largest absolute Gasteiger partial charge is 0.466 e. The lowest BCUT2D eigenvalue weighted by Gasteiger charge is -2.02. The summed E-state index contributed by atoms with van der Waals surface area (Å²) >= 11 is 5.88. The summed E-state index contributed by atoms with van der Waals surface area (Å²) in [5, 5.41) is 0.231. The molecule has 0 saturated heterocycles. The summed E-state index contributed by atoms with van der Waals surface area (Å²) in [6.07, 6.45) is 0. The standard InChI is InChI=1S/C13H10ClFO2/c1-7-5-10(8(2)17-7)13(16)11-6-9(15)3-4-12(11)14/h3-6H,1-2H3. The van der Waals surface area contributed by atoms with Crippen molar-refractivity contribution in [2.75, 3.05) is 0 Å². The lowest BCUT2D eigenvalue weighted by Crippen LogP contribution is -2.03. The summed E-state index contributed by atoms with van der Waals surface area (Å²) in [6, 6.07) is 5.34. The summed E-state index contributed by atoms with van der Waals surface area (Å²) in [5.41, 5.74) is 0.561. The molecule has 1 aromatic heterocycles. The van der Waals surface area contributed by atoms with E-state index in [9.17, 15) is 9.18 Å². The Morgan fingerprint density at radius 1 is 1.24 bits per heavy atom. The Labute approximate surface area is 103 Å². The second kappa shape index (κ2) is 4.34. The fourth-order valence-electron chi connectivity index (χ4n) is 1.67. The highest BCUT2D eigenvalue weighted by molar-refractivity contribution is 6.35. The summed E-state index contributed by atoms with van der Waals surface area (Å²) in [5.74, 6) is 0.325. The number of ketones is 1. The summed E-state index contributed by atoms with van der Waals surface area (Å²) in [6.45, 7) is 3.43. The first-order valence-electron chi connectivity index (χ1n) is 5.06. The Kier molecular flexibility index (Phi) is 3.03. The van der Waals surface area contributed by atoms with Crippen LogP contribution in [0.2, 0.25) is 5.02 Å². The Morgan fingerprint density at radius 2 is 1.94 bits per heavy atom. The van der Waals surface area contributed by atoms with E-state index in [-0.39, 0.29) is 16.4 Å². The van der Waals surface area contributed by atoms with Gasteiger partial charge in [0, 0.05) is 5.56 Å². The fraction of sp³-hybridized carbons (Fsp3) is 0.154. The van der Waals surface area contributed by atoms with Crippen LogP contribution >= 0.6 is 11.6 Å². The Balaban J connectivity index is 2.50.